The van der Waals surface area contributed by atoms with Gasteiger partial charge in [0, 0.05) is 27.1 Å². The first-order valence-corrected chi connectivity index (χ1v) is 11.2. The number of carbonyl (C=O) groups excluding carboxylic acids is 1. The van der Waals surface area contributed by atoms with E-state index >= 15 is 0 Å². The molecular formula is C25H31NO8. The first-order chi connectivity index (χ1) is 16.5. The molecule has 2 heterocycles. The number of fused-ring (bicyclic) bond motifs is 2. The molecule has 2 aromatic rings. The van der Waals surface area contributed by atoms with E-state index in [1.165, 1.54) is 0 Å². The van der Waals surface area contributed by atoms with Crippen LogP contribution in [0, 0.1) is 0 Å². The smallest absolute Gasteiger partial charge is 0.409 e. The summed E-state index contributed by atoms with van der Waals surface area (Å²) in [5.41, 5.74) is 3.84. The van der Waals surface area contributed by atoms with Crippen LogP contribution in [0.15, 0.2) is 24.3 Å². The summed E-state index contributed by atoms with van der Waals surface area (Å²) in [7, 11) is 6.53. The number of carbonyl (C=O) groups is 1. The fourth-order valence-electron chi connectivity index (χ4n) is 4.38. The molecule has 9 nitrogen and oxygen atoms in total. The first kappa shape index (κ1) is 24.0. The van der Waals surface area contributed by atoms with Gasteiger partial charge in [0.15, 0.2) is 29.3 Å². The number of benzene rings is 2. The predicted octanol–water partition coefficient (Wildman–Crippen LogP) is 4.02. The third-order valence-corrected chi connectivity index (χ3v) is 6.09. The lowest BCUT2D eigenvalue weighted by Crippen LogP contribution is -2.30. The van der Waals surface area contributed by atoms with E-state index in [0.29, 0.717) is 49.0 Å². The fourth-order valence-corrected chi connectivity index (χ4v) is 4.38. The molecule has 4 rings (SSSR count). The van der Waals surface area contributed by atoms with Gasteiger partial charge in [-0.1, -0.05) is 6.07 Å². The Hall–Kier alpha value is -3.17. The van der Waals surface area contributed by atoms with Gasteiger partial charge in [-0.2, -0.15) is 0 Å². The van der Waals surface area contributed by atoms with Gasteiger partial charge in [0.1, 0.15) is 0 Å². The van der Waals surface area contributed by atoms with E-state index in [0.717, 1.165) is 22.3 Å². The molecule has 2 aromatic carbocycles. The maximum atomic E-state index is 12.1. The molecule has 2 atom stereocenters. The zero-order valence-electron chi connectivity index (χ0n) is 20.2. The van der Waals surface area contributed by atoms with Crippen LogP contribution in [0.4, 0.5) is 4.79 Å². The van der Waals surface area contributed by atoms with Crippen molar-refractivity contribution in [2.75, 3.05) is 48.3 Å². The lowest BCUT2D eigenvalue weighted by molar-refractivity contribution is -0.171. The summed E-state index contributed by atoms with van der Waals surface area (Å²) in [6.07, 6.45) is -0.0895. The largest absolute Gasteiger partial charge is 0.493 e. The van der Waals surface area contributed by atoms with E-state index in [9.17, 15) is 4.79 Å². The fraction of sp³-hybridized carbons (Fsp3) is 0.480. The zero-order valence-corrected chi connectivity index (χ0v) is 20.2. The minimum Gasteiger partial charge on any atom is -0.493 e. The van der Waals surface area contributed by atoms with E-state index in [1.807, 2.05) is 24.3 Å². The average molecular weight is 474 g/mol. The van der Waals surface area contributed by atoms with Gasteiger partial charge in [0.05, 0.1) is 32.5 Å². The Kier molecular flexibility index (Phi) is 7.33. The number of likely N-dealkylation sites (N-methyl/N-ethyl adjacent to an activating group) is 1. The van der Waals surface area contributed by atoms with E-state index in [1.54, 1.807) is 40.2 Å². The highest BCUT2D eigenvalue weighted by molar-refractivity contribution is 5.67. The van der Waals surface area contributed by atoms with Crippen LogP contribution < -0.4 is 18.9 Å². The van der Waals surface area contributed by atoms with Crippen molar-refractivity contribution in [3.05, 3.63) is 46.5 Å². The van der Waals surface area contributed by atoms with Crippen molar-refractivity contribution in [2.45, 2.75) is 32.2 Å². The highest BCUT2D eigenvalue weighted by Gasteiger charge is 2.35. The summed E-state index contributed by atoms with van der Waals surface area (Å²) >= 11 is 0. The van der Waals surface area contributed by atoms with Crippen LogP contribution >= 0.6 is 0 Å². The third kappa shape index (κ3) is 4.58. The van der Waals surface area contributed by atoms with E-state index < -0.39 is 6.29 Å². The van der Waals surface area contributed by atoms with Gasteiger partial charge in [0.25, 0.3) is 0 Å². The zero-order chi connectivity index (χ0) is 24.2. The normalized spacial score (nSPS) is 18.3. The van der Waals surface area contributed by atoms with Crippen LogP contribution in [0.3, 0.4) is 0 Å². The van der Waals surface area contributed by atoms with Crippen molar-refractivity contribution < 1.29 is 38.0 Å². The van der Waals surface area contributed by atoms with Crippen molar-refractivity contribution in [2.24, 2.45) is 0 Å². The van der Waals surface area contributed by atoms with Gasteiger partial charge in [0.2, 0.25) is 6.79 Å². The molecule has 0 saturated carbocycles. The molecule has 0 aromatic heterocycles. The molecule has 0 radical (unpaired) electrons. The van der Waals surface area contributed by atoms with Crippen molar-refractivity contribution >= 4 is 6.09 Å². The number of hydrogen-bond acceptors (Lipinski definition) is 8. The summed E-state index contributed by atoms with van der Waals surface area (Å²) < 4.78 is 39.6. The molecule has 0 N–H and O–H groups in total. The molecule has 2 aliphatic rings. The van der Waals surface area contributed by atoms with Crippen LogP contribution in [0.2, 0.25) is 0 Å². The molecule has 0 saturated heterocycles. The highest BCUT2D eigenvalue weighted by Crippen LogP contribution is 2.47. The molecule has 0 bridgehead atoms. The van der Waals surface area contributed by atoms with E-state index in [-0.39, 0.29) is 19.0 Å². The van der Waals surface area contributed by atoms with Crippen molar-refractivity contribution in [3.8, 4) is 23.0 Å². The SMILES string of the molecule is CCOC(=O)N(C)CCc1cc2c(cc1C1Cc3ccc(OC)c(OC)c3C(OC)O1)OCO2. The quantitative estimate of drug-likeness (QED) is 0.568. The Morgan fingerprint density at radius 1 is 1.12 bits per heavy atom. The summed E-state index contributed by atoms with van der Waals surface area (Å²) in [6.45, 7) is 2.78. The molecule has 2 aliphatic heterocycles. The van der Waals surface area contributed by atoms with Gasteiger partial charge in [-0.15, -0.1) is 0 Å². The Morgan fingerprint density at radius 3 is 2.56 bits per heavy atom. The standard InChI is InChI=1S/C25H31NO8/c1-6-31-25(27)26(2)10-9-15-11-20-21(33-14-32-20)13-17(15)19-12-16-7-8-18(28-3)23(29-4)22(16)24(30-5)34-19/h7-8,11,13,19,24H,6,9-10,12,14H2,1-5H3. The number of hydrogen-bond donors (Lipinski definition) is 0. The highest BCUT2D eigenvalue weighted by atomic mass is 16.7. The molecule has 0 spiro atoms. The number of ether oxygens (including phenoxy) is 7. The Balaban J connectivity index is 1.67. The Morgan fingerprint density at radius 2 is 1.88 bits per heavy atom. The van der Waals surface area contributed by atoms with Crippen molar-refractivity contribution in [1.82, 2.24) is 4.90 Å². The Bertz CT molecular complexity index is 1040. The number of amides is 1. The molecule has 0 fully saturated rings. The van der Waals surface area contributed by atoms with Crippen LogP contribution in [-0.2, 0) is 27.1 Å². The number of rotatable bonds is 8. The van der Waals surface area contributed by atoms with Crippen LogP contribution in [0.25, 0.3) is 0 Å². The van der Waals surface area contributed by atoms with E-state index in [2.05, 4.69) is 0 Å². The summed E-state index contributed by atoms with van der Waals surface area (Å²) in [5, 5.41) is 0. The minimum atomic E-state index is -0.640. The molecule has 34 heavy (non-hydrogen) atoms. The van der Waals surface area contributed by atoms with Gasteiger partial charge >= 0.3 is 6.09 Å². The number of nitrogens with zero attached hydrogens (tertiary/aromatic N) is 1. The lowest BCUT2D eigenvalue weighted by Gasteiger charge is -2.34. The second-order valence-electron chi connectivity index (χ2n) is 8.05. The van der Waals surface area contributed by atoms with Gasteiger partial charge in [-0.05, 0) is 48.2 Å². The first-order valence-electron chi connectivity index (χ1n) is 11.2. The Labute approximate surface area is 199 Å². The molecule has 1 amide bonds. The minimum absolute atomic E-state index is 0.174. The van der Waals surface area contributed by atoms with Gasteiger partial charge < -0.3 is 38.1 Å². The predicted molar refractivity (Wildman–Crippen MR) is 123 cm³/mol. The average Bonchev–Trinajstić information content (AvgIpc) is 3.32. The van der Waals surface area contributed by atoms with E-state index in [4.69, 9.17) is 33.2 Å². The molecule has 184 valence electrons. The van der Waals surface area contributed by atoms with Crippen LogP contribution in [0.5, 0.6) is 23.0 Å². The van der Waals surface area contributed by atoms with Gasteiger partial charge in [-0.3, -0.25) is 0 Å². The summed E-state index contributed by atoms with van der Waals surface area (Å²) in [6, 6.07) is 7.83. The molecule has 9 heteroatoms. The maximum absolute atomic E-state index is 12.1. The molecule has 2 unspecified atom stereocenters. The second-order valence-corrected chi connectivity index (χ2v) is 8.05. The van der Waals surface area contributed by atoms with Gasteiger partial charge in [-0.25, -0.2) is 4.79 Å². The second kappa shape index (κ2) is 10.4. The maximum Gasteiger partial charge on any atom is 0.409 e. The van der Waals surface area contributed by atoms with Crippen molar-refractivity contribution in [3.63, 3.8) is 0 Å². The molecule has 0 aliphatic carbocycles. The third-order valence-electron chi connectivity index (χ3n) is 6.09. The molecular weight excluding hydrogens is 442 g/mol. The van der Waals surface area contributed by atoms with Crippen LogP contribution in [-0.4, -0.2) is 59.3 Å². The number of methoxy groups -OCH3 is 3. The van der Waals surface area contributed by atoms with Crippen molar-refractivity contribution in [1.29, 1.82) is 0 Å². The topological polar surface area (TPSA) is 84.9 Å². The monoisotopic (exact) mass is 473 g/mol. The summed E-state index contributed by atoms with van der Waals surface area (Å²) in [4.78, 5) is 13.6. The summed E-state index contributed by atoms with van der Waals surface area (Å²) in [5.74, 6) is 2.58. The lowest BCUT2D eigenvalue weighted by atomic mass is 9.90. The van der Waals surface area contributed by atoms with Crippen LogP contribution in [0.1, 0.15) is 41.6 Å².